The largest absolute Gasteiger partial charge is 0.381 e. The maximum Gasteiger partial charge on any atom is 0.0660 e. The number of benzene rings is 2. The summed E-state index contributed by atoms with van der Waals surface area (Å²) in [5.41, 5.74) is 4.92. The summed E-state index contributed by atoms with van der Waals surface area (Å²) in [6.07, 6.45) is 4.96. The second-order valence-electron chi connectivity index (χ2n) is 6.24. The SMILES string of the molecule is CCc1ccc(CNc2ccc(N3CCCCC3)c(Cl)c2)cc1. The molecule has 0 saturated carbocycles. The van der Waals surface area contributed by atoms with Gasteiger partial charge in [0.2, 0.25) is 0 Å². The molecule has 2 nitrogen and oxygen atoms in total. The Balaban J connectivity index is 1.62. The van der Waals surface area contributed by atoms with Crippen LogP contribution in [0.5, 0.6) is 0 Å². The third-order valence-corrected chi connectivity index (χ3v) is 4.88. The molecule has 1 saturated heterocycles. The van der Waals surface area contributed by atoms with Crippen molar-refractivity contribution in [2.24, 2.45) is 0 Å². The van der Waals surface area contributed by atoms with Gasteiger partial charge in [-0.25, -0.2) is 0 Å². The number of rotatable bonds is 5. The van der Waals surface area contributed by atoms with Crippen LogP contribution in [0.2, 0.25) is 5.02 Å². The molecule has 0 aliphatic carbocycles. The molecule has 0 aromatic heterocycles. The van der Waals surface area contributed by atoms with Crippen molar-refractivity contribution in [2.75, 3.05) is 23.3 Å². The number of nitrogens with one attached hydrogen (secondary N) is 1. The van der Waals surface area contributed by atoms with E-state index >= 15 is 0 Å². The molecule has 1 heterocycles. The van der Waals surface area contributed by atoms with E-state index in [4.69, 9.17) is 11.6 Å². The topological polar surface area (TPSA) is 15.3 Å². The van der Waals surface area contributed by atoms with E-state index in [1.165, 1.54) is 36.1 Å². The van der Waals surface area contributed by atoms with Gasteiger partial charge in [-0.1, -0.05) is 42.8 Å². The summed E-state index contributed by atoms with van der Waals surface area (Å²) < 4.78 is 0. The van der Waals surface area contributed by atoms with Crippen LogP contribution in [0, 0.1) is 0 Å². The Hall–Kier alpha value is -1.67. The van der Waals surface area contributed by atoms with Gasteiger partial charge in [0.1, 0.15) is 0 Å². The summed E-state index contributed by atoms with van der Waals surface area (Å²) in [7, 11) is 0. The average Bonchev–Trinajstić information content (AvgIpc) is 2.61. The minimum Gasteiger partial charge on any atom is -0.381 e. The molecule has 0 bridgehead atoms. The van der Waals surface area contributed by atoms with E-state index in [-0.39, 0.29) is 0 Å². The van der Waals surface area contributed by atoms with Gasteiger partial charge in [0.15, 0.2) is 0 Å². The lowest BCUT2D eigenvalue weighted by molar-refractivity contribution is 0.578. The average molecular weight is 329 g/mol. The minimum atomic E-state index is 0.823. The lowest BCUT2D eigenvalue weighted by atomic mass is 10.1. The van der Waals surface area contributed by atoms with Crippen LogP contribution in [0.3, 0.4) is 0 Å². The van der Waals surface area contributed by atoms with Crippen LogP contribution in [0.4, 0.5) is 11.4 Å². The van der Waals surface area contributed by atoms with Crippen molar-refractivity contribution in [3.05, 3.63) is 58.6 Å². The number of aryl methyl sites for hydroxylation is 1. The molecule has 1 fully saturated rings. The van der Waals surface area contributed by atoms with Crippen LogP contribution in [-0.4, -0.2) is 13.1 Å². The Labute approximate surface area is 144 Å². The summed E-state index contributed by atoms with van der Waals surface area (Å²) in [6.45, 7) is 5.25. The van der Waals surface area contributed by atoms with Crippen LogP contribution in [0.15, 0.2) is 42.5 Å². The molecule has 3 heteroatoms. The fourth-order valence-electron chi connectivity index (χ4n) is 3.11. The van der Waals surface area contributed by atoms with E-state index in [1.807, 2.05) is 6.07 Å². The molecule has 0 radical (unpaired) electrons. The Morgan fingerprint density at radius 3 is 2.30 bits per heavy atom. The van der Waals surface area contributed by atoms with E-state index in [0.29, 0.717) is 0 Å². The van der Waals surface area contributed by atoms with Crippen LogP contribution in [0.1, 0.15) is 37.3 Å². The van der Waals surface area contributed by atoms with Crippen molar-refractivity contribution in [3.63, 3.8) is 0 Å². The standard InChI is InChI=1S/C20H25ClN2/c1-2-16-6-8-17(9-7-16)15-22-18-10-11-20(19(21)14-18)23-12-4-3-5-13-23/h6-11,14,22H,2-5,12-13,15H2,1H3. The highest BCUT2D eigenvalue weighted by molar-refractivity contribution is 6.33. The van der Waals surface area contributed by atoms with Gasteiger partial charge in [-0.3, -0.25) is 0 Å². The predicted octanol–water partition coefficient (Wildman–Crippen LogP) is 5.50. The first-order valence-corrected chi connectivity index (χ1v) is 9.00. The van der Waals surface area contributed by atoms with Gasteiger partial charge in [0.05, 0.1) is 10.7 Å². The lowest BCUT2D eigenvalue weighted by Crippen LogP contribution is -2.29. The second-order valence-corrected chi connectivity index (χ2v) is 6.64. The number of piperidine rings is 1. The van der Waals surface area contributed by atoms with E-state index < -0.39 is 0 Å². The quantitative estimate of drug-likeness (QED) is 0.779. The normalized spacial score (nSPS) is 14.8. The number of halogens is 1. The first-order valence-electron chi connectivity index (χ1n) is 8.62. The van der Waals surface area contributed by atoms with Crippen molar-refractivity contribution < 1.29 is 0 Å². The van der Waals surface area contributed by atoms with Crippen molar-refractivity contribution in [3.8, 4) is 0 Å². The fourth-order valence-corrected chi connectivity index (χ4v) is 3.41. The molecule has 1 aliphatic heterocycles. The van der Waals surface area contributed by atoms with Crippen LogP contribution < -0.4 is 10.2 Å². The lowest BCUT2D eigenvalue weighted by Gasteiger charge is -2.29. The number of nitrogens with zero attached hydrogens (tertiary/aromatic N) is 1. The molecule has 0 unspecified atom stereocenters. The molecular formula is C20H25ClN2. The van der Waals surface area contributed by atoms with Gasteiger partial charge in [0.25, 0.3) is 0 Å². The summed E-state index contributed by atoms with van der Waals surface area (Å²) in [5, 5.41) is 4.31. The highest BCUT2D eigenvalue weighted by Gasteiger charge is 2.13. The van der Waals surface area contributed by atoms with Crippen LogP contribution >= 0.6 is 11.6 Å². The predicted molar refractivity (Wildman–Crippen MR) is 101 cm³/mol. The number of anilines is 2. The van der Waals surface area contributed by atoms with E-state index in [0.717, 1.165) is 36.8 Å². The van der Waals surface area contributed by atoms with Crippen LogP contribution in [0.25, 0.3) is 0 Å². The molecule has 3 rings (SSSR count). The second kappa shape index (κ2) is 7.74. The highest BCUT2D eigenvalue weighted by Crippen LogP contribution is 2.31. The van der Waals surface area contributed by atoms with E-state index in [9.17, 15) is 0 Å². The van der Waals surface area contributed by atoms with Gasteiger partial charge >= 0.3 is 0 Å². The Morgan fingerprint density at radius 2 is 1.65 bits per heavy atom. The third-order valence-electron chi connectivity index (χ3n) is 4.57. The number of hydrogen-bond acceptors (Lipinski definition) is 2. The monoisotopic (exact) mass is 328 g/mol. The first-order chi connectivity index (χ1) is 11.3. The molecular weight excluding hydrogens is 304 g/mol. The van der Waals surface area contributed by atoms with Crippen molar-refractivity contribution >= 4 is 23.0 Å². The molecule has 2 aromatic carbocycles. The summed E-state index contributed by atoms with van der Waals surface area (Å²) in [4.78, 5) is 2.40. The summed E-state index contributed by atoms with van der Waals surface area (Å²) in [5.74, 6) is 0. The molecule has 2 aromatic rings. The van der Waals surface area contributed by atoms with Gasteiger partial charge in [-0.2, -0.15) is 0 Å². The van der Waals surface area contributed by atoms with Gasteiger partial charge in [0, 0.05) is 25.3 Å². The summed E-state index contributed by atoms with van der Waals surface area (Å²) in [6, 6.07) is 15.1. The molecule has 122 valence electrons. The molecule has 1 N–H and O–H groups in total. The minimum absolute atomic E-state index is 0.823. The van der Waals surface area contributed by atoms with Crippen LogP contribution in [-0.2, 0) is 13.0 Å². The molecule has 1 aliphatic rings. The zero-order valence-electron chi connectivity index (χ0n) is 13.8. The Bertz CT molecular complexity index is 631. The third kappa shape index (κ3) is 4.20. The molecule has 23 heavy (non-hydrogen) atoms. The Morgan fingerprint density at radius 1 is 0.957 bits per heavy atom. The fraction of sp³-hybridized carbons (Fsp3) is 0.400. The molecule has 0 spiro atoms. The van der Waals surface area contributed by atoms with Gasteiger partial charge in [-0.05, 0) is 55.0 Å². The summed E-state index contributed by atoms with van der Waals surface area (Å²) >= 11 is 6.50. The van der Waals surface area contributed by atoms with Crippen molar-refractivity contribution in [1.29, 1.82) is 0 Å². The van der Waals surface area contributed by atoms with E-state index in [1.54, 1.807) is 0 Å². The highest BCUT2D eigenvalue weighted by atomic mass is 35.5. The number of hydrogen-bond donors (Lipinski definition) is 1. The maximum atomic E-state index is 6.50. The smallest absolute Gasteiger partial charge is 0.0660 e. The van der Waals surface area contributed by atoms with Gasteiger partial charge < -0.3 is 10.2 Å². The van der Waals surface area contributed by atoms with Gasteiger partial charge in [-0.15, -0.1) is 0 Å². The molecule has 0 amide bonds. The van der Waals surface area contributed by atoms with E-state index in [2.05, 4.69) is 53.5 Å². The zero-order chi connectivity index (χ0) is 16.1. The maximum absolute atomic E-state index is 6.50. The Kier molecular flexibility index (Phi) is 5.45. The van der Waals surface area contributed by atoms with Crippen molar-refractivity contribution in [1.82, 2.24) is 0 Å². The first kappa shape index (κ1) is 16.2. The molecule has 0 atom stereocenters. The zero-order valence-corrected chi connectivity index (χ0v) is 14.6. The van der Waals surface area contributed by atoms with Crippen molar-refractivity contribution in [2.45, 2.75) is 39.2 Å².